The van der Waals surface area contributed by atoms with Gasteiger partial charge in [0.15, 0.2) is 11.6 Å². The second-order valence-electron chi connectivity index (χ2n) is 4.54. The zero-order valence-corrected chi connectivity index (χ0v) is 11.0. The Bertz CT molecular complexity index is 537. The predicted molar refractivity (Wildman–Crippen MR) is 74.7 cm³/mol. The molecule has 0 amide bonds. The SMILES string of the molecule is Cc1ccc(COc2c(F)cccc2CCN)cc1. The average molecular weight is 259 g/mol. The number of nitrogens with two attached hydrogens (primary N) is 1. The van der Waals surface area contributed by atoms with Crippen molar-refractivity contribution in [3.8, 4) is 5.75 Å². The van der Waals surface area contributed by atoms with E-state index >= 15 is 0 Å². The minimum Gasteiger partial charge on any atom is -0.486 e. The molecule has 0 fully saturated rings. The molecule has 0 saturated heterocycles. The first-order valence-electron chi connectivity index (χ1n) is 6.36. The lowest BCUT2D eigenvalue weighted by atomic mass is 10.1. The Morgan fingerprint density at radius 3 is 2.53 bits per heavy atom. The van der Waals surface area contributed by atoms with Crippen molar-refractivity contribution in [2.45, 2.75) is 20.0 Å². The van der Waals surface area contributed by atoms with E-state index in [2.05, 4.69) is 0 Å². The van der Waals surface area contributed by atoms with Gasteiger partial charge in [0, 0.05) is 0 Å². The maximum atomic E-state index is 13.8. The normalized spacial score (nSPS) is 10.5. The van der Waals surface area contributed by atoms with Gasteiger partial charge in [0.1, 0.15) is 6.61 Å². The van der Waals surface area contributed by atoms with Crippen LogP contribution in [-0.2, 0) is 13.0 Å². The van der Waals surface area contributed by atoms with E-state index in [1.807, 2.05) is 37.3 Å². The van der Waals surface area contributed by atoms with Crippen LogP contribution >= 0.6 is 0 Å². The summed E-state index contributed by atoms with van der Waals surface area (Å²) in [6.45, 7) is 2.87. The van der Waals surface area contributed by atoms with Gasteiger partial charge in [-0.3, -0.25) is 0 Å². The van der Waals surface area contributed by atoms with Gasteiger partial charge >= 0.3 is 0 Å². The summed E-state index contributed by atoms with van der Waals surface area (Å²) in [5, 5.41) is 0. The molecule has 2 N–H and O–H groups in total. The lowest BCUT2D eigenvalue weighted by Crippen LogP contribution is -2.06. The van der Waals surface area contributed by atoms with E-state index in [4.69, 9.17) is 10.5 Å². The molecule has 2 nitrogen and oxygen atoms in total. The van der Waals surface area contributed by atoms with Crippen LogP contribution in [0.25, 0.3) is 0 Å². The summed E-state index contributed by atoms with van der Waals surface area (Å²) in [5.74, 6) is -0.0217. The van der Waals surface area contributed by atoms with Gasteiger partial charge < -0.3 is 10.5 Å². The highest BCUT2D eigenvalue weighted by molar-refractivity contribution is 5.35. The zero-order valence-electron chi connectivity index (χ0n) is 11.0. The van der Waals surface area contributed by atoms with Crippen molar-refractivity contribution >= 4 is 0 Å². The molecule has 0 aliphatic rings. The van der Waals surface area contributed by atoms with Crippen molar-refractivity contribution in [3.05, 3.63) is 65.0 Å². The zero-order chi connectivity index (χ0) is 13.7. The second kappa shape index (κ2) is 6.34. The predicted octanol–water partition coefficient (Wildman–Crippen LogP) is 3.21. The first-order valence-corrected chi connectivity index (χ1v) is 6.36. The third-order valence-corrected chi connectivity index (χ3v) is 2.97. The number of ether oxygens (including phenoxy) is 1. The van der Waals surface area contributed by atoms with Crippen LogP contribution < -0.4 is 10.5 Å². The minimum absolute atomic E-state index is 0.313. The van der Waals surface area contributed by atoms with Gasteiger partial charge in [-0.1, -0.05) is 42.0 Å². The van der Waals surface area contributed by atoms with E-state index in [1.54, 1.807) is 6.07 Å². The average Bonchev–Trinajstić information content (AvgIpc) is 2.40. The molecule has 0 saturated carbocycles. The van der Waals surface area contributed by atoms with E-state index in [0.29, 0.717) is 25.3 Å². The first-order chi connectivity index (χ1) is 9.20. The second-order valence-corrected chi connectivity index (χ2v) is 4.54. The molecule has 3 heteroatoms. The molecule has 0 aliphatic heterocycles. The Balaban J connectivity index is 2.12. The van der Waals surface area contributed by atoms with Gasteiger partial charge in [-0.25, -0.2) is 4.39 Å². The van der Waals surface area contributed by atoms with E-state index in [-0.39, 0.29) is 5.82 Å². The van der Waals surface area contributed by atoms with Crippen LogP contribution in [0.4, 0.5) is 4.39 Å². The van der Waals surface area contributed by atoms with Crippen LogP contribution in [0.15, 0.2) is 42.5 Å². The number of rotatable bonds is 5. The molecular weight excluding hydrogens is 241 g/mol. The summed E-state index contributed by atoms with van der Waals surface area (Å²) in [6.07, 6.45) is 0.612. The number of halogens is 1. The Morgan fingerprint density at radius 1 is 1.11 bits per heavy atom. The van der Waals surface area contributed by atoms with Crippen LogP contribution in [0.2, 0.25) is 0 Å². The van der Waals surface area contributed by atoms with Crippen molar-refractivity contribution in [2.24, 2.45) is 5.73 Å². The fraction of sp³-hybridized carbons (Fsp3) is 0.250. The topological polar surface area (TPSA) is 35.2 Å². The van der Waals surface area contributed by atoms with Crippen LogP contribution in [-0.4, -0.2) is 6.54 Å². The smallest absolute Gasteiger partial charge is 0.165 e. The summed E-state index contributed by atoms with van der Waals surface area (Å²) >= 11 is 0. The molecule has 100 valence electrons. The molecule has 0 unspecified atom stereocenters. The van der Waals surface area contributed by atoms with Crippen LogP contribution in [0.1, 0.15) is 16.7 Å². The Hall–Kier alpha value is -1.87. The van der Waals surface area contributed by atoms with Gasteiger partial charge in [0.2, 0.25) is 0 Å². The number of benzene rings is 2. The molecule has 0 bridgehead atoms. The van der Waals surface area contributed by atoms with Crippen molar-refractivity contribution in [1.82, 2.24) is 0 Å². The molecule has 2 rings (SSSR count). The standard InChI is InChI=1S/C16H18FNO/c1-12-5-7-13(8-6-12)11-19-16-14(9-10-18)3-2-4-15(16)17/h2-8H,9-11,18H2,1H3. The highest BCUT2D eigenvalue weighted by atomic mass is 19.1. The summed E-state index contributed by atoms with van der Waals surface area (Å²) in [5.41, 5.74) is 8.55. The molecular formula is C16H18FNO. The number of hydrogen-bond acceptors (Lipinski definition) is 2. The molecule has 2 aromatic rings. The maximum Gasteiger partial charge on any atom is 0.165 e. The summed E-state index contributed by atoms with van der Waals surface area (Å²) in [7, 11) is 0. The largest absolute Gasteiger partial charge is 0.486 e. The fourth-order valence-corrected chi connectivity index (χ4v) is 1.91. The molecule has 2 aromatic carbocycles. The monoisotopic (exact) mass is 259 g/mol. The molecule has 0 heterocycles. The Labute approximate surface area is 113 Å². The molecule has 19 heavy (non-hydrogen) atoms. The first kappa shape index (κ1) is 13.6. The fourth-order valence-electron chi connectivity index (χ4n) is 1.91. The number of para-hydroxylation sites is 1. The quantitative estimate of drug-likeness (QED) is 0.894. The van der Waals surface area contributed by atoms with E-state index < -0.39 is 0 Å². The summed E-state index contributed by atoms with van der Waals surface area (Å²) in [6, 6.07) is 12.9. The lowest BCUT2D eigenvalue weighted by Gasteiger charge is -2.12. The highest BCUT2D eigenvalue weighted by Crippen LogP contribution is 2.24. The van der Waals surface area contributed by atoms with Crippen LogP contribution in [0.3, 0.4) is 0 Å². The number of aryl methyl sites for hydroxylation is 1. The Morgan fingerprint density at radius 2 is 1.84 bits per heavy atom. The third-order valence-electron chi connectivity index (χ3n) is 2.97. The van der Waals surface area contributed by atoms with E-state index in [1.165, 1.54) is 11.6 Å². The maximum absolute atomic E-state index is 13.8. The van der Waals surface area contributed by atoms with Gasteiger partial charge in [-0.05, 0) is 37.1 Å². The van der Waals surface area contributed by atoms with Gasteiger partial charge in [-0.15, -0.1) is 0 Å². The molecule has 0 atom stereocenters. The summed E-state index contributed by atoms with van der Waals surface area (Å²) in [4.78, 5) is 0. The van der Waals surface area contributed by atoms with Gasteiger partial charge in [-0.2, -0.15) is 0 Å². The number of hydrogen-bond donors (Lipinski definition) is 1. The van der Waals surface area contributed by atoms with Crippen molar-refractivity contribution < 1.29 is 9.13 Å². The molecule has 0 aromatic heterocycles. The lowest BCUT2D eigenvalue weighted by molar-refractivity contribution is 0.287. The van der Waals surface area contributed by atoms with E-state index in [0.717, 1.165) is 11.1 Å². The van der Waals surface area contributed by atoms with Gasteiger partial charge in [0.05, 0.1) is 0 Å². The van der Waals surface area contributed by atoms with Crippen molar-refractivity contribution in [3.63, 3.8) is 0 Å². The molecule has 0 aliphatic carbocycles. The highest BCUT2D eigenvalue weighted by Gasteiger charge is 2.09. The third kappa shape index (κ3) is 3.55. The Kier molecular flexibility index (Phi) is 4.53. The molecule has 0 radical (unpaired) electrons. The van der Waals surface area contributed by atoms with Crippen molar-refractivity contribution in [2.75, 3.05) is 6.54 Å². The van der Waals surface area contributed by atoms with Crippen molar-refractivity contribution in [1.29, 1.82) is 0 Å². The van der Waals surface area contributed by atoms with Gasteiger partial charge in [0.25, 0.3) is 0 Å². The van der Waals surface area contributed by atoms with Crippen LogP contribution in [0, 0.1) is 12.7 Å². The van der Waals surface area contributed by atoms with Crippen LogP contribution in [0.5, 0.6) is 5.75 Å². The molecule has 0 spiro atoms. The summed E-state index contributed by atoms with van der Waals surface area (Å²) < 4.78 is 19.4. The van der Waals surface area contributed by atoms with E-state index in [9.17, 15) is 4.39 Å². The minimum atomic E-state index is -0.335.